The van der Waals surface area contributed by atoms with Crippen molar-refractivity contribution in [3.05, 3.63) is 54.1 Å². The van der Waals surface area contributed by atoms with E-state index in [-0.39, 0.29) is 13.2 Å². The Labute approximate surface area is 143 Å². The van der Waals surface area contributed by atoms with Crippen molar-refractivity contribution in [3.8, 4) is 23.3 Å². The van der Waals surface area contributed by atoms with Crippen LogP contribution in [-0.2, 0) is 0 Å². The number of methoxy groups -OCH3 is 1. The number of urea groups is 1. The lowest BCUT2D eigenvalue weighted by atomic mass is 10.3. The van der Waals surface area contributed by atoms with Crippen molar-refractivity contribution < 1.29 is 23.0 Å². The van der Waals surface area contributed by atoms with Crippen LogP contribution in [0, 0.1) is 23.5 Å². The van der Waals surface area contributed by atoms with Crippen molar-refractivity contribution in [3.63, 3.8) is 0 Å². The van der Waals surface area contributed by atoms with Crippen LogP contribution in [0.4, 0.5) is 19.3 Å². The minimum Gasteiger partial charge on any atom is -0.493 e. The van der Waals surface area contributed by atoms with Crippen molar-refractivity contribution >= 4 is 11.7 Å². The zero-order valence-electron chi connectivity index (χ0n) is 13.4. The first-order chi connectivity index (χ1) is 12.1. The smallest absolute Gasteiger partial charge is 0.320 e. The number of rotatable bonds is 5. The third-order valence-corrected chi connectivity index (χ3v) is 3.03. The molecule has 0 saturated heterocycles. The topological polar surface area (TPSA) is 59.6 Å². The van der Waals surface area contributed by atoms with Gasteiger partial charge in [0, 0.05) is 0 Å². The maximum atomic E-state index is 13.4. The average molecular weight is 346 g/mol. The molecule has 0 saturated carbocycles. The van der Waals surface area contributed by atoms with Crippen molar-refractivity contribution in [2.75, 3.05) is 25.6 Å². The molecule has 0 aromatic heterocycles. The van der Waals surface area contributed by atoms with Gasteiger partial charge in [0.1, 0.15) is 23.9 Å². The predicted molar refractivity (Wildman–Crippen MR) is 89.6 cm³/mol. The van der Waals surface area contributed by atoms with Crippen LogP contribution in [0.15, 0.2) is 42.5 Å². The van der Waals surface area contributed by atoms with E-state index >= 15 is 0 Å². The first kappa shape index (κ1) is 18.1. The molecular formula is C18H16F2N2O3. The van der Waals surface area contributed by atoms with Crippen LogP contribution < -0.4 is 20.1 Å². The van der Waals surface area contributed by atoms with Gasteiger partial charge in [0.2, 0.25) is 0 Å². The molecule has 7 heteroatoms. The Hall–Kier alpha value is -3.27. The zero-order valence-corrected chi connectivity index (χ0v) is 13.4. The summed E-state index contributed by atoms with van der Waals surface area (Å²) in [6, 6.07) is 9.68. The summed E-state index contributed by atoms with van der Waals surface area (Å²) in [5, 5.41) is 4.46. The summed E-state index contributed by atoms with van der Waals surface area (Å²) in [6.45, 7) is 0.100. The summed E-state index contributed by atoms with van der Waals surface area (Å²) in [7, 11) is 1.54. The van der Waals surface area contributed by atoms with E-state index in [4.69, 9.17) is 9.47 Å². The molecule has 2 N–H and O–H groups in total. The average Bonchev–Trinajstić information content (AvgIpc) is 2.61. The number of ether oxygens (including phenoxy) is 2. The number of anilines is 1. The molecule has 2 aromatic rings. The zero-order chi connectivity index (χ0) is 18.1. The minimum absolute atomic E-state index is 0.00279. The van der Waals surface area contributed by atoms with Gasteiger partial charge in [-0.1, -0.05) is 30.0 Å². The van der Waals surface area contributed by atoms with E-state index in [1.807, 2.05) is 6.07 Å². The van der Waals surface area contributed by atoms with Gasteiger partial charge in [0.15, 0.2) is 11.5 Å². The molecule has 0 atom stereocenters. The lowest BCUT2D eigenvalue weighted by Crippen LogP contribution is -2.29. The van der Waals surface area contributed by atoms with Gasteiger partial charge in [0.05, 0.1) is 13.7 Å². The number of amides is 2. The molecule has 25 heavy (non-hydrogen) atoms. The predicted octanol–water partition coefficient (Wildman–Crippen LogP) is 3.18. The van der Waals surface area contributed by atoms with Crippen LogP contribution >= 0.6 is 0 Å². The quantitative estimate of drug-likeness (QED) is 0.818. The van der Waals surface area contributed by atoms with Crippen molar-refractivity contribution in [1.29, 1.82) is 0 Å². The number of carbonyl (C=O) groups excluding carboxylic acids is 1. The lowest BCUT2D eigenvalue weighted by molar-refractivity contribution is 0.253. The second-order valence-electron chi connectivity index (χ2n) is 4.70. The number of halogens is 2. The summed E-state index contributed by atoms with van der Waals surface area (Å²) >= 11 is 0. The summed E-state index contributed by atoms with van der Waals surface area (Å²) in [5.74, 6) is 4.81. The van der Waals surface area contributed by atoms with E-state index in [2.05, 4.69) is 22.5 Å². The van der Waals surface area contributed by atoms with Gasteiger partial charge in [-0.15, -0.1) is 0 Å². The van der Waals surface area contributed by atoms with E-state index < -0.39 is 23.4 Å². The number of nitrogens with one attached hydrogen (secondary N) is 2. The molecule has 2 amide bonds. The molecule has 2 aromatic carbocycles. The Bertz CT molecular complexity index is 780. The molecule has 0 radical (unpaired) electrons. The van der Waals surface area contributed by atoms with Crippen LogP contribution in [-0.4, -0.2) is 26.3 Å². The summed E-state index contributed by atoms with van der Waals surface area (Å²) in [5.41, 5.74) is -0.507. The maximum Gasteiger partial charge on any atom is 0.320 e. The molecule has 5 nitrogen and oxygen atoms in total. The van der Waals surface area contributed by atoms with E-state index in [0.29, 0.717) is 11.5 Å². The first-order valence-corrected chi connectivity index (χ1v) is 7.32. The monoisotopic (exact) mass is 346 g/mol. The van der Waals surface area contributed by atoms with Gasteiger partial charge >= 0.3 is 6.03 Å². The molecule has 0 aliphatic rings. The molecule has 2 rings (SSSR count). The third kappa shape index (κ3) is 5.39. The summed E-state index contributed by atoms with van der Waals surface area (Å²) < 4.78 is 37.3. The van der Waals surface area contributed by atoms with Crippen molar-refractivity contribution in [2.45, 2.75) is 0 Å². The van der Waals surface area contributed by atoms with Crippen molar-refractivity contribution in [2.24, 2.45) is 0 Å². The standard InChI is InChI=1S/C18H16F2N2O3/c1-24-15-9-2-3-10-16(15)25-12-5-4-11-21-18(23)22-17-13(19)7-6-8-14(17)20/h2-3,6-10H,11-12H2,1H3,(H2,21,22,23). The SMILES string of the molecule is COc1ccccc1OCC#CCNC(=O)Nc1c(F)cccc1F. The molecule has 0 aliphatic carbocycles. The van der Waals surface area contributed by atoms with Crippen LogP contribution in [0.3, 0.4) is 0 Å². The molecule has 130 valence electrons. The van der Waals surface area contributed by atoms with E-state index in [9.17, 15) is 13.6 Å². The Morgan fingerprint density at radius 2 is 1.72 bits per heavy atom. The number of para-hydroxylation sites is 3. The normalized spacial score (nSPS) is 9.56. The Morgan fingerprint density at radius 1 is 1.04 bits per heavy atom. The highest BCUT2D eigenvalue weighted by atomic mass is 19.1. The molecule has 0 spiro atoms. The number of hydrogen-bond donors (Lipinski definition) is 2. The maximum absolute atomic E-state index is 13.4. The molecule has 0 bridgehead atoms. The van der Waals surface area contributed by atoms with Gasteiger partial charge in [-0.05, 0) is 24.3 Å². The molecule has 0 aliphatic heterocycles. The summed E-state index contributed by atoms with van der Waals surface area (Å²) in [4.78, 5) is 11.6. The Morgan fingerprint density at radius 3 is 2.40 bits per heavy atom. The van der Waals surface area contributed by atoms with Crippen LogP contribution in [0.1, 0.15) is 0 Å². The van der Waals surface area contributed by atoms with Crippen LogP contribution in [0.5, 0.6) is 11.5 Å². The van der Waals surface area contributed by atoms with Crippen LogP contribution in [0.25, 0.3) is 0 Å². The van der Waals surface area contributed by atoms with Gasteiger partial charge < -0.3 is 20.1 Å². The largest absolute Gasteiger partial charge is 0.493 e. The molecule has 0 fully saturated rings. The van der Waals surface area contributed by atoms with Gasteiger partial charge in [-0.25, -0.2) is 13.6 Å². The molecule has 0 unspecified atom stereocenters. The minimum atomic E-state index is -0.855. The van der Waals surface area contributed by atoms with Gasteiger partial charge in [-0.2, -0.15) is 0 Å². The van der Waals surface area contributed by atoms with Crippen LogP contribution in [0.2, 0.25) is 0 Å². The number of hydrogen-bond acceptors (Lipinski definition) is 3. The van der Waals surface area contributed by atoms with E-state index in [1.54, 1.807) is 18.2 Å². The Kier molecular flexibility index (Phi) is 6.60. The van der Waals surface area contributed by atoms with Crippen molar-refractivity contribution in [1.82, 2.24) is 5.32 Å². The van der Waals surface area contributed by atoms with E-state index in [0.717, 1.165) is 12.1 Å². The third-order valence-electron chi connectivity index (χ3n) is 3.03. The van der Waals surface area contributed by atoms with E-state index in [1.165, 1.54) is 13.2 Å². The lowest BCUT2D eigenvalue weighted by Gasteiger charge is -2.07. The first-order valence-electron chi connectivity index (χ1n) is 7.32. The number of benzene rings is 2. The Balaban J connectivity index is 1.76. The second-order valence-corrected chi connectivity index (χ2v) is 4.70. The highest BCUT2D eigenvalue weighted by molar-refractivity contribution is 5.89. The fourth-order valence-electron chi connectivity index (χ4n) is 1.86. The van der Waals surface area contributed by atoms with Gasteiger partial charge in [0.25, 0.3) is 0 Å². The highest BCUT2D eigenvalue weighted by Crippen LogP contribution is 2.25. The molecular weight excluding hydrogens is 330 g/mol. The van der Waals surface area contributed by atoms with Gasteiger partial charge in [-0.3, -0.25) is 0 Å². The fraction of sp³-hybridized carbons (Fsp3) is 0.167. The fourth-order valence-corrected chi connectivity index (χ4v) is 1.86. The second kappa shape index (κ2) is 9.13. The summed E-state index contributed by atoms with van der Waals surface area (Å²) in [6.07, 6.45) is 0. The molecule has 0 heterocycles. The highest BCUT2D eigenvalue weighted by Gasteiger charge is 2.10. The number of carbonyl (C=O) groups is 1.